The number of fused-ring (bicyclic) bond motifs is 1. The predicted octanol–water partition coefficient (Wildman–Crippen LogP) is 2.21. The summed E-state index contributed by atoms with van der Waals surface area (Å²) in [6.45, 7) is 11.0. The van der Waals surface area contributed by atoms with Crippen molar-refractivity contribution in [1.29, 1.82) is 0 Å². The third-order valence-electron chi connectivity index (χ3n) is 3.64. The molecule has 2 aromatic rings. The van der Waals surface area contributed by atoms with Crippen molar-refractivity contribution in [3.63, 3.8) is 0 Å². The summed E-state index contributed by atoms with van der Waals surface area (Å²) >= 11 is 0. The first-order valence-electron chi connectivity index (χ1n) is 7.01. The van der Waals surface area contributed by atoms with Gasteiger partial charge in [-0.25, -0.2) is 0 Å². The quantitative estimate of drug-likeness (QED) is 0.910. The second kappa shape index (κ2) is 4.70. The van der Waals surface area contributed by atoms with E-state index in [0.717, 1.165) is 13.1 Å². The van der Waals surface area contributed by atoms with Crippen molar-refractivity contribution in [3.05, 3.63) is 29.2 Å². The van der Waals surface area contributed by atoms with Gasteiger partial charge >= 0.3 is 0 Å². The van der Waals surface area contributed by atoms with Crippen LogP contribution in [-0.4, -0.2) is 31.8 Å². The monoisotopic (exact) mass is 275 g/mol. The van der Waals surface area contributed by atoms with Crippen LogP contribution in [0.1, 0.15) is 56.7 Å². The molecule has 0 saturated heterocycles. The molecule has 2 aromatic heterocycles. The molecule has 0 aromatic carbocycles. The van der Waals surface area contributed by atoms with Crippen LogP contribution in [0.25, 0.3) is 0 Å². The molecule has 1 atom stereocenters. The summed E-state index contributed by atoms with van der Waals surface area (Å²) in [6.07, 6.45) is 1.91. The van der Waals surface area contributed by atoms with Gasteiger partial charge in [0.05, 0.1) is 12.7 Å². The van der Waals surface area contributed by atoms with Gasteiger partial charge in [-0.05, 0) is 0 Å². The first kappa shape index (κ1) is 13.3. The number of rotatable bonds is 2. The van der Waals surface area contributed by atoms with E-state index >= 15 is 0 Å². The Hall–Kier alpha value is -1.69. The maximum Gasteiger partial charge on any atom is 0.230 e. The molecule has 0 aliphatic carbocycles. The van der Waals surface area contributed by atoms with Crippen LogP contribution < -0.4 is 0 Å². The highest BCUT2D eigenvalue weighted by molar-refractivity contribution is 5.23. The van der Waals surface area contributed by atoms with E-state index in [1.807, 2.05) is 6.20 Å². The third kappa shape index (κ3) is 2.47. The zero-order valence-electron chi connectivity index (χ0n) is 12.5. The molecule has 6 nitrogen and oxygen atoms in total. The van der Waals surface area contributed by atoms with Crippen LogP contribution in [0.2, 0.25) is 0 Å². The van der Waals surface area contributed by atoms with E-state index in [0.29, 0.717) is 24.2 Å². The molecule has 3 rings (SSSR count). The molecule has 3 heterocycles. The van der Waals surface area contributed by atoms with E-state index < -0.39 is 0 Å². The van der Waals surface area contributed by atoms with Crippen molar-refractivity contribution in [2.45, 2.75) is 52.1 Å². The highest BCUT2D eigenvalue weighted by Crippen LogP contribution is 2.27. The largest absolute Gasteiger partial charge is 0.423 e. The van der Waals surface area contributed by atoms with Crippen LogP contribution in [0.5, 0.6) is 0 Å². The van der Waals surface area contributed by atoms with Crippen LogP contribution in [0.15, 0.2) is 10.6 Å². The summed E-state index contributed by atoms with van der Waals surface area (Å²) in [6, 6.07) is 0. The Kier molecular flexibility index (Phi) is 3.12. The fraction of sp³-hybridized carbons (Fsp3) is 0.643. The maximum atomic E-state index is 5.77. The van der Waals surface area contributed by atoms with Gasteiger partial charge in [0.25, 0.3) is 0 Å². The van der Waals surface area contributed by atoms with Crippen molar-refractivity contribution >= 4 is 0 Å². The van der Waals surface area contributed by atoms with Gasteiger partial charge in [0.15, 0.2) is 0 Å². The summed E-state index contributed by atoms with van der Waals surface area (Å²) in [5.41, 5.74) is 2.42. The summed E-state index contributed by atoms with van der Waals surface area (Å²) in [4.78, 5) is 2.32. The average molecular weight is 275 g/mol. The van der Waals surface area contributed by atoms with E-state index in [-0.39, 0.29) is 5.41 Å². The van der Waals surface area contributed by atoms with Crippen LogP contribution in [0, 0.1) is 0 Å². The highest BCUT2D eigenvalue weighted by Gasteiger charge is 2.26. The zero-order chi connectivity index (χ0) is 14.3. The molecule has 1 unspecified atom stereocenters. The lowest BCUT2D eigenvalue weighted by atomic mass is 9.97. The third-order valence-corrected chi connectivity index (χ3v) is 3.64. The molecule has 0 spiro atoms. The summed E-state index contributed by atoms with van der Waals surface area (Å²) in [5, 5.41) is 15.5. The van der Waals surface area contributed by atoms with E-state index in [1.54, 1.807) is 0 Å². The molecule has 1 aliphatic heterocycles. The standard InChI is InChI=1S/C14H21N5O/c1-9-6-19(7-10-5-15-17-12(9)10)8-11-16-18-13(20-11)14(2,3)4/h5,9H,6-8H2,1-4H3,(H,15,17). The second-order valence-electron chi connectivity index (χ2n) is 6.63. The minimum atomic E-state index is -0.0990. The van der Waals surface area contributed by atoms with Gasteiger partial charge in [-0.2, -0.15) is 5.10 Å². The van der Waals surface area contributed by atoms with Gasteiger partial charge in [0.2, 0.25) is 11.8 Å². The molecule has 0 amide bonds. The topological polar surface area (TPSA) is 70.8 Å². The minimum Gasteiger partial charge on any atom is -0.423 e. The smallest absolute Gasteiger partial charge is 0.230 e. The Labute approximate surface area is 118 Å². The Morgan fingerprint density at radius 1 is 1.40 bits per heavy atom. The van der Waals surface area contributed by atoms with E-state index in [1.165, 1.54) is 11.3 Å². The first-order chi connectivity index (χ1) is 9.43. The molecule has 0 saturated carbocycles. The SMILES string of the molecule is CC1CN(Cc2nnc(C(C)(C)C)o2)Cc2cn[nH]c21. The summed E-state index contributed by atoms with van der Waals surface area (Å²) in [5.74, 6) is 1.84. The molecule has 0 radical (unpaired) electrons. The minimum absolute atomic E-state index is 0.0990. The maximum absolute atomic E-state index is 5.77. The molecule has 0 fully saturated rings. The molecule has 6 heteroatoms. The van der Waals surface area contributed by atoms with Crippen molar-refractivity contribution in [2.75, 3.05) is 6.54 Å². The van der Waals surface area contributed by atoms with Gasteiger partial charge in [0, 0.05) is 35.7 Å². The van der Waals surface area contributed by atoms with E-state index in [2.05, 4.69) is 53.0 Å². The lowest BCUT2D eigenvalue weighted by Gasteiger charge is -2.29. The normalized spacial score (nSPS) is 20.1. The van der Waals surface area contributed by atoms with Gasteiger partial charge < -0.3 is 4.42 Å². The van der Waals surface area contributed by atoms with Crippen molar-refractivity contribution < 1.29 is 4.42 Å². The van der Waals surface area contributed by atoms with Crippen molar-refractivity contribution in [2.24, 2.45) is 0 Å². The molecule has 108 valence electrons. The lowest BCUT2D eigenvalue weighted by molar-refractivity contribution is 0.200. The molecule has 1 N–H and O–H groups in total. The van der Waals surface area contributed by atoms with Crippen LogP contribution in [0.4, 0.5) is 0 Å². The number of aromatic nitrogens is 4. The Morgan fingerprint density at radius 2 is 2.20 bits per heavy atom. The van der Waals surface area contributed by atoms with Crippen molar-refractivity contribution in [3.8, 4) is 0 Å². The van der Waals surface area contributed by atoms with Gasteiger partial charge in [-0.3, -0.25) is 10.00 Å². The van der Waals surface area contributed by atoms with Crippen LogP contribution >= 0.6 is 0 Å². The zero-order valence-corrected chi connectivity index (χ0v) is 12.5. The molecule has 1 aliphatic rings. The number of hydrogen-bond donors (Lipinski definition) is 1. The van der Waals surface area contributed by atoms with Gasteiger partial charge in [-0.1, -0.05) is 27.7 Å². The predicted molar refractivity (Wildman–Crippen MR) is 74.1 cm³/mol. The van der Waals surface area contributed by atoms with E-state index in [9.17, 15) is 0 Å². The summed E-state index contributed by atoms with van der Waals surface area (Å²) in [7, 11) is 0. The number of hydrogen-bond acceptors (Lipinski definition) is 5. The van der Waals surface area contributed by atoms with E-state index in [4.69, 9.17) is 4.42 Å². The average Bonchev–Trinajstić information content (AvgIpc) is 2.96. The highest BCUT2D eigenvalue weighted by atomic mass is 16.4. The first-order valence-corrected chi connectivity index (χ1v) is 7.01. The lowest BCUT2D eigenvalue weighted by Crippen LogP contribution is -2.32. The van der Waals surface area contributed by atoms with Gasteiger partial charge in [0.1, 0.15) is 0 Å². The Bertz CT molecular complexity index is 595. The molecule has 20 heavy (non-hydrogen) atoms. The summed E-state index contributed by atoms with van der Waals surface area (Å²) < 4.78 is 5.77. The molecule has 0 bridgehead atoms. The fourth-order valence-corrected chi connectivity index (χ4v) is 2.59. The number of nitrogens with zero attached hydrogens (tertiary/aromatic N) is 4. The molecular weight excluding hydrogens is 254 g/mol. The number of aromatic amines is 1. The Morgan fingerprint density at radius 3 is 2.90 bits per heavy atom. The number of H-pyrrole nitrogens is 1. The second-order valence-corrected chi connectivity index (χ2v) is 6.63. The van der Waals surface area contributed by atoms with Crippen molar-refractivity contribution in [1.82, 2.24) is 25.3 Å². The Balaban J connectivity index is 1.72. The van der Waals surface area contributed by atoms with Crippen LogP contribution in [0.3, 0.4) is 0 Å². The fourth-order valence-electron chi connectivity index (χ4n) is 2.59. The van der Waals surface area contributed by atoms with Gasteiger partial charge in [-0.15, -0.1) is 10.2 Å². The number of nitrogens with one attached hydrogen (secondary N) is 1. The molecular formula is C14H21N5O. The van der Waals surface area contributed by atoms with Crippen LogP contribution in [-0.2, 0) is 18.5 Å².